The van der Waals surface area contributed by atoms with E-state index in [0.29, 0.717) is 11.5 Å². The van der Waals surface area contributed by atoms with Crippen molar-refractivity contribution >= 4 is 11.6 Å². The van der Waals surface area contributed by atoms with E-state index in [9.17, 15) is 0 Å². The number of ether oxygens (including phenoxy) is 1. The van der Waals surface area contributed by atoms with Crippen LogP contribution in [0.3, 0.4) is 0 Å². The molecule has 0 spiro atoms. The lowest BCUT2D eigenvalue weighted by atomic mass is 9.73. The average Bonchev–Trinajstić information content (AvgIpc) is 2.84. The Labute approximate surface area is 126 Å². The maximum absolute atomic E-state index is 6.22. The number of hydrogen-bond acceptors (Lipinski definition) is 2. The predicted octanol–water partition coefficient (Wildman–Crippen LogP) is 4.33. The molecule has 1 aliphatic heterocycles. The van der Waals surface area contributed by atoms with E-state index in [2.05, 4.69) is 25.2 Å². The van der Waals surface area contributed by atoms with Crippen molar-refractivity contribution in [3.05, 3.63) is 28.3 Å². The summed E-state index contributed by atoms with van der Waals surface area (Å²) in [5, 5.41) is 4.57. The van der Waals surface area contributed by atoms with Gasteiger partial charge in [-0.15, -0.1) is 0 Å². The molecular formula is C17H24ClNO. The molecule has 1 saturated carbocycles. The molecule has 1 fully saturated rings. The van der Waals surface area contributed by atoms with E-state index in [4.69, 9.17) is 16.3 Å². The second-order valence-electron chi connectivity index (χ2n) is 6.82. The molecule has 0 saturated heterocycles. The van der Waals surface area contributed by atoms with Gasteiger partial charge in [-0.25, -0.2) is 0 Å². The second-order valence-corrected chi connectivity index (χ2v) is 7.26. The maximum Gasteiger partial charge on any atom is 0.127 e. The highest BCUT2D eigenvalue weighted by Crippen LogP contribution is 2.37. The van der Waals surface area contributed by atoms with Crippen LogP contribution in [0.2, 0.25) is 5.02 Å². The van der Waals surface area contributed by atoms with Crippen LogP contribution in [0, 0.1) is 5.41 Å². The van der Waals surface area contributed by atoms with Crippen LogP contribution >= 0.6 is 11.6 Å². The van der Waals surface area contributed by atoms with Crippen molar-refractivity contribution in [2.24, 2.45) is 5.41 Å². The standard InChI is InChI=1S/C17H24ClNO/c1-17(2)7-4-3-5-15(17)19-11-13-10-14(18)9-12-6-8-20-16(12)13/h9-10,15,19H,3-8,11H2,1-2H3. The number of hydrogen-bond donors (Lipinski definition) is 1. The van der Waals surface area contributed by atoms with Gasteiger partial charge in [0.05, 0.1) is 6.61 Å². The molecule has 1 N–H and O–H groups in total. The third-order valence-electron chi connectivity index (χ3n) is 4.87. The molecular weight excluding hydrogens is 270 g/mol. The van der Waals surface area contributed by atoms with Crippen molar-refractivity contribution in [1.82, 2.24) is 5.32 Å². The molecule has 1 aliphatic carbocycles. The molecule has 0 radical (unpaired) electrons. The van der Waals surface area contributed by atoms with Gasteiger partial charge >= 0.3 is 0 Å². The topological polar surface area (TPSA) is 21.3 Å². The summed E-state index contributed by atoms with van der Waals surface area (Å²) < 4.78 is 5.78. The van der Waals surface area contributed by atoms with Crippen molar-refractivity contribution in [3.63, 3.8) is 0 Å². The highest BCUT2D eigenvalue weighted by Gasteiger charge is 2.32. The summed E-state index contributed by atoms with van der Waals surface area (Å²) in [7, 11) is 0. The van der Waals surface area contributed by atoms with Gasteiger partial charge in [-0.3, -0.25) is 0 Å². The van der Waals surface area contributed by atoms with Crippen molar-refractivity contribution in [1.29, 1.82) is 0 Å². The minimum absolute atomic E-state index is 0.390. The number of benzene rings is 1. The zero-order valence-corrected chi connectivity index (χ0v) is 13.2. The molecule has 1 unspecified atom stereocenters. The van der Waals surface area contributed by atoms with E-state index in [-0.39, 0.29) is 0 Å². The quantitative estimate of drug-likeness (QED) is 0.895. The second kappa shape index (κ2) is 5.57. The third kappa shape index (κ3) is 2.82. The van der Waals surface area contributed by atoms with Crippen LogP contribution in [-0.4, -0.2) is 12.6 Å². The summed E-state index contributed by atoms with van der Waals surface area (Å²) in [6.45, 7) is 6.40. The molecule has 2 aliphatic rings. The van der Waals surface area contributed by atoms with Gasteiger partial charge in [0.1, 0.15) is 5.75 Å². The van der Waals surface area contributed by atoms with Crippen molar-refractivity contribution in [2.45, 2.75) is 58.5 Å². The Kier molecular flexibility index (Phi) is 3.96. The van der Waals surface area contributed by atoms with E-state index in [1.54, 1.807) is 0 Å². The zero-order valence-electron chi connectivity index (χ0n) is 12.5. The van der Waals surface area contributed by atoms with Crippen LogP contribution in [0.1, 0.15) is 50.7 Å². The van der Waals surface area contributed by atoms with Gasteiger partial charge < -0.3 is 10.1 Å². The average molecular weight is 294 g/mol. The van der Waals surface area contributed by atoms with Crippen LogP contribution in [-0.2, 0) is 13.0 Å². The number of rotatable bonds is 3. The summed E-state index contributed by atoms with van der Waals surface area (Å²) in [6.07, 6.45) is 6.27. The third-order valence-corrected chi connectivity index (χ3v) is 5.09. The fourth-order valence-corrected chi connectivity index (χ4v) is 3.85. The Balaban J connectivity index is 1.72. The lowest BCUT2D eigenvalue weighted by Crippen LogP contribution is -2.43. The van der Waals surface area contributed by atoms with Crippen molar-refractivity contribution in [3.8, 4) is 5.75 Å². The monoisotopic (exact) mass is 293 g/mol. The fraction of sp³-hybridized carbons (Fsp3) is 0.647. The molecule has 3 heteroatoms. The molecule has 3 rings (SSSR count). The van der Waals surface area contributed by atoms with Crippen LogP contribution in [0.4, 0.5) is 0 Å². The normalized spacial score (nSPS) is 24.2. The first-order chi connectivity index (χ1) is 9.56. The molecule has 20 heavy (non-hydrogen) atoms. The van der Waals surface area contributed by atoms with Crippen molar-refractivity contribution in [2.75, 3.05) is 6.61 Å². The molecule has 0 amide bonds. The Bertz CT molecular complexity index is 498. The number of fused-ring (bicyclic) bond motifs is 1. The lowest BCUT2D eigenvalue weighted by molar-refractivity contribution is 0.166. The summed E-state index contributed by atoms with van der Waals surface area (Å²) in [4.78, 5) is 0. The maximum atomic E-state index is 6.22. The van der Waals surface area contributed by atoms with Gasteiger partial charge in [0.25, 0.3) is 0 Å². The summed E-state index contributed by atoms with van der Waals surface area (Å²) >= 11 is 6.22. The first kappa shape index (κ1) is 14.2. The molecule has 1 aromatic carbocycles. The highest BCUT2D eigenvalue weighted by atomic mass is 35.5. The van der Waals surface area contributed by atoms with Gasteiger partial charge in [0.2, 0.25) is 0 Å². The van der Waals surface area contributed by atoms with Crippen LogP contribution in [0.15, 0.2) is 12.1 Å². The molecule has 0 bridgehead atoms. The smallest absolute Gasteiger partial charge is 0.127 e. The summed E-state index contributed by atoms with van der Waals surface area (Å²) in [5.74, 6) is 1.07. The Hall–Kier alpha value is -0.730. The van der Waals surface area contributed by atoms with Gasteiger partial charge in [-0.2, -0.15) is 0 Å². The number of halogens is 1. The van der Waals surface area contributed by atoms with E-state index in [1.165, 1.54) is 36.8 Å². The zero-order chi connectivity index (χ0) is 14.2. The van der Waals surface area contributed by atoms with E-state index in [1.807, 2.05) is 6.07 Å². The van der Waals surface area contributed by atoms with E-state index >= 15 is 0 Å². The minimum Gasteiger partial charge on any atom is -0.493 e. The minimum atomic E-state index is 0.390. The van der Waals surface area contributed by atoms with Crippen molar-refractivity contribution < 1.29 is 4.74 Å². The van der Waals surface area contributed by atoms with Gasteiger partial charge in [-0.1, -0.05) is 38.3 Å². The fourth-order valence-electron chi connectivity index (χ4n) is 3.58. The molecule has 0 aromatic heterocycles. The Morgan fingerprint density at radius 3 is 3.00 bits per heavy atom. The predicted molar refractivity (Wildman–Crippen MR) is 83.5 cm³/mol. The lowest BCUT2D eigenvalue weighted by Gasteiger charge is -2.39. The first-order valence-electron chi connectivity index (χ1n) is 7.74. The van der Waals surface area contributed by atoms with Gasteiger partial charge in [0, 0.05) is 29.6 Å². The molecule has 1 heterocycles. The molecule has 1 aromatic rings. The largest absolute Gasteiger partial charge is 0.493 e. The van der Waals surface area contributed by atoms with Crippen LogP contribution in [0.5, 0.6) is 5.75 Å². The Morgan fingerprint density at radius 2 is 2.20 bits per heavy atom. The summed E-state index contributed by atoms with van der Waals surface area (Å²) in [6, 6.07) is 4.68. The summed E-state index contributed by atoms with van der Waals surface area (Å²) in [5.41, 5.74) is 2.87. The van der Waals surface area contributed by atoms with Crippen LogP contribution < -0.4 is 10.1 Å². The molecule has 2 nitrogen and oxygen atoms in total. The van der Waals surface area contributed by atoms with Crippen LogP contribution in [0.25, 0.3) is 0 Å². The molecule has 1 atom stereocenters. The van der Waals surface area contributed by atoms with Gasteiger partial charge in [-0.05, 0) is 36.0 Å². The SMILES string of the molecule is CC1(C)CCCCC1NCc1cc(Cl)cc2c1OCC2. The number of nitrogens with one attached hydrogen (secondary N) is 1. The van der Waals surface area contributed by atoms with Gasteiger partial charge in [0.15, 0.2) is 0 Å². The highest BCUT2D eigenvalue weighted by molar-refractivity contribution is 6.30. The first-order valence-corrected chi connectivity index (χ1v) is 8.11. The molecule has 110 valence electrons. The van der Waals surface area contributed by atoms with E-state index in [0.717, 1.165) is 30.3 Å². The Morgan fingerprint density at radius 1 is 1.35 bits per heavy atom. The van der Waals surface area contributed by atoms with E-state index < -0.39 is 0 Å².